The SMILES string of the molecule is Oc1c2cccc1Cc1cccc(c1O)Cc1cc(Cc3cc(Cc4cc5c(O)c(c4)Cc4cccc(c4O)Cc4cccc(c4O)Cc4cccc(c4O)Cc4cccc(c4O)C5)cc(Cc4cc5c(O)c(c4)Cc4cccc(c4O)Cc4cccc(c4O)Cc4cccc(c4O)Cc4cccc(c4O)C5)c3)cc(c1O)Cc1cccc(c1O)Cc1cccc(c1O)C2. The van der Waals surface area contributed by atoms with Crippen LogP contribution in [0.3, 0.4) is 0 Å². The van der Waals surface area contributed by atoms with Gasteiger partial charge in [-0.3, -0.25) is 0 Å². The van der Waals surface area contributed by atoms with Crippen LogP contribution >= 0.6 is 0 Å². The molecule has 16 aromatic carbocycles. The number of phenolic OH excluding ortho intramolecular Hbond substituents is 15. The molecule has 16 aromatic rings. The minimum atomic E-state index is -0.0441. The lowest BCUT2D eigenvalue weighted by atomic mass is 9.87. The lowest BCUT2D eigenvalue weighted by molar-refractivity contribution is 0.449. The molecule has 0 atom stereocenters. The summed E-state index contributed by atoms with van der Waals surface area (Å²) in [6.07, 6.45) is 2.79. The van der Waals surface area contributed by atoms with E-state index in [2.05, 4.69) is 18.2 Å². The van der Waals surface area contributed by atoms with E-state index in [-0.39, 0.29) is 202 Å². The van der Waals surface area contributed by atoms with Gasteiger partial charge in [-0.15, -0.1) is 0 Å². The lowest BCUT2D eigenvalue weighted by Gasteiger charge is -2.19. The highest BCUT2D eigenvalue weighted by molar-refractivity contribution is 5.63. The second-order valence-electron chi connectivity index (χ2n) is 35.2. The van der Waals surface area contributed by atoms with Gasteiger partial charge in [-0.1, -0.05) is 273 Å². The molecule has 0 saturated carbocycles. The molecule has 129 heavy (non-hydrogen) atoms. The molecule has 0 radical (unpaired) electrons. The summed E-state index contributed by atoms with van der Waals surface area (Å²) in [5.41, 5.74) is 20.8. The Morgan fingerprint density at radius 1 is 0.109 bits per heavy atom. The number of para-hydroxylation sites is 12. The van der Waals surface area contributed by atoms with Gasteiger partial charge >= 0.3 is 0 Å². The van der Waals surface area contributed by atoms with E-state index in [1.807, 2.05) is 255 Å². The number of fused-ring (bicyclic) bond motifs is 30. The van der Waals surface area contributed by atoms with Gasteiger partial charge in [0.1, 0.15) is 86.2 Å². The highest BCUT2D eigenvalue weighted by Crippen LogP contribution is 2.46. The Morgan fingerprint density at radius 3 is 0.287 bits per heavy atom. The summed E-state index contributed by atoms with van der Waals surface area (Å²) in [7, 11) is 0. The van der Waals surface area contributed by atoms with Crippen LogP contribution in [0, 0.1) is 0 Å². The van der Waals surface area contributed by atoms with Crippen molar-refractivity contribution in [2.45, 2.75) is 116 Å². The summed E-state index contributed by atoms with van der Waals surface area (Å²) in [6.45, 7) is 0. The molecular weight excluding hydrogens is 1610 g/mol. The molecule has 15 heteroatoms. The predicted molar refractivity (Wildman–Crippen MR) is 499 cm³/mol. The van der Waals surface area contributed by atoms with Gasteiger partial charge < -0.3 is 76.6 Å². The van der Waals surface area contributed by atoms with Gasteiger partial charge in [0.05, 0.1) is 0 Å². The maximum absolute atomic E-state index is 12.9. The number of hydrogen-bond donors (Lipinski definition) is 15. The Bertz CT molecular complexity index is 6100. The van der Waals surface area contributed by atoms with Crippen LogP contribution in [0.5, 0.6) is 86.2 Å². The van der Waals surface area contributed by atoms with Crippen molar-refractivity contribution in [3.63, 3.8) is 0 Å². The van der Waals surface area contributed by atoms with E-state index in [0.29, 0.717) is 167 Å². The number of phenols is 15. The van der Waals surface area contributed by atoms with Crippen LogP contribution in [0.15, 0.2) is 273 Å². The second-order valence-corrected chi connectivity index (χ2v) is 35.2. The molecule has 0 spiro atoms. The van der Waals surface area contributed by atoms with Gasteiger partial charge in [-0.25, -0.2) is 0 Å². The summed E-state index contributed by atoms with van der Waals surface area (Å²) in [5.74, 6) is -0.0452. The summed E-state index contributed by atoms with van der Waals surface area (Å²) in [5, 5.41) is 185. The molecule has 0 aliphatic heterocycles. The van der Waals surface area contributed by atoms with Crippen molar-refractivity contribution in [2.75, 3.05) is 0 Å². The normalized spacial score (nSPS) is 13.2. The van der Waals surface area contributed by atoms with Gasteiger partial charge in [0, 0.05) is 96.3 Å². The van der Waals surface area contributed by atoms with Crippen molar-refractivity contribution in [2.24, 2.45) is 0 Å². The predicted octanol–water partition coefficient (Wildman–Crippen LogP) is 20.8. The zero-order valence-electron chi connectivity index (χ0n) is 70.9. The van der Waals surface area contributed by atoms with Crippen LogP contribution in [0.25, 0.3) is 0 Å². The average molecular weight is 1710 g/mol. The fraction of sp³-hybridized carbons (Fsp3) is 0.158. The number of rotatable bonds is 6. The van der Waals surface area contributed by atoms with Gasteiger partial charge in [0.15, 0.2) is 0 Å². The van der Waals surface area contributed by atoms with Crippen LogP contribution in [0.4, 0.5) is 0 Å². The summed E-state index contributed by atoms with van der Waals surface area (Å²) in [6, 6.07) is 83.5. The van der Waals surface area contributed by atoms with Crippen molar-refractivity contribution < 1.29 is 76.6 Å². The molecule has 3 aliphatic rings. The van der Waals surface area contributed by atoms with E-state index in [1.54, 1.807) is 0 Å². The molecule has 19 rings (SSSR count). The zero-order chi connectivity index (χ0) is 89.0. The minimum Gasteiger partial charge on any atom is -0.507 e. The van der Waals surface area contributed by atoms with Crippen molar-refractivity contribution in [3.8, 4) is 86.2 Å². The molecule has 15 nitrogen and oxygen atoms in total. The first kappa shape index (κ1) is 83.1. The van der Waals surface area contributed by atoms with E-state index in [4.69, 9.17) is 0 Å². The Balaban J connectivity index is 0.764. The van der Waals surface area contributed by atoms with Gasteiger partial charge in [0.2, 0.25) is 0 Å². The van der Waals surface area contributed by atoms with Crippen LogP contribution in [0.2, 0.25) is 0 Å². The lowest BCUT2D eigenvalue weighted by Crippen LogP contribution is -2.04. The van der Waals surface area contributed by atoms with E-state index in [0.717, 1.165) is 33.4 Å². The Labute approximate surface area is 747 Å². The smallest absolute Gasteiger partial charge is 0.122 e. The molecule has 642 valence electrons. The monoisotopic (exact) mass is 1700 g/mol. The molecule has 0 aromatic heterocycles. The quantitative estimate of drug-likeness (QED) is 0.0736. The standard InChI is InChI=1S/C114H96O15/c115-100-70-13-1-19-76(100)52-82-25-7-31-88(106(82)121)58-94-43-67(44-95(112(94)127)59-89-32-8-26-83(107(89)122)53-77-20-2-14-71(49-70)101(77)116)40-64-37-65(41-68-45-96-60-90-33-9-27-84(108(90)123)54-78-21-3-15-72(102(78)117)50-73-16-4-22-79(103(73)118)55-85-28-10-34-91(109(85)124)61-97(46-68)113(96)128)39-66(38-64)42-69-47-98-62-92-35-11-29-86(110(92)125)56-80-23-5-17-74(104(80)119)51-75-18-6-24-81(105(75)120)57-87-30-12-36-93(111(87)126)63-99(48-69)114(98)129/h1-39,43-48,115-129H,40-42,49-63H2. The second kappa shape index (κ2) is 34.8. The minimum absolute atomic E-state index is 0.0149. The maximum Gasteiger partial charge on any atom is 0.122 e. The molecule has 15 N–H and O–H groups in total. The third-order valence-electron chi connectivity index (χ3n) is 26.5. The summed E-state index contributed by atoms with van der Waals surface area (Å²) in [4.78, 5) is 0. The van der Waals surface area contributed by atoms with E-state index in [1.165, 1.54) is 0 Å². The molecule has 3 aliphatic carbocycles. The maximum atomic E-state index is 12.9. The highest BCUT2D eigenvalue weighted by Gasteiger charge is 2.28. The van der Waals surface area contributed by atoms with E-state index in [9.17, 15) is 76.6 Å². The first-order chi connectivity index (χ1) is 62.5. The molecule has 0 saturated heterocycles. The van der Waals surface area contributed by atoms with Crippen molar-refractivity contribution in [3.05, 3.63) is 473 Å². The van der Waals surface area contributed by atoms with Gasteiger partial charge in [-0.2, -0.15) is 0 Å². The van der Waals surface area contributed by atoms with Gasteiger partial charge in [-0.05, 0) is 220 Å². The number of aromatic hydroxyl groups is 15. The molecule has 0 heterocycles. The van der Waals surface area contributed by atoms with Gasteiger partial charge in [0.25, 0.3) is 0 Å². The first-order valence-electron chi connectivity index (χ1n) is 43.7. The van der Waals surface area contributed by atoms with Crippen LogP contribution < -0.4 is 0 Å². The largest absolute Gasteiger partial charge is 0.507 e. The topological polar surface area (TPSA) is 303 Å². The fourth-order valence-electron chi connectivity index (χ4n) is 19.7. The third-order valence-corrected chi connectivity index (χ3v) is 26.5. The van der Waals surface area contributed by atoms with Crippen LogP contribution in [-0.4, -0.2) is 76.6 Å². The summed E-state index contributed by atoms with van der Waals surface area (Å²) < 4.78 is 0. The Kier molecular flexibility index (Phi) is 22.4. The van der Waals surface area contributed by atoms with E-state index < -0.39 is 0 Å². The van der Waals surface area contributed by atoms with Crippen molar-refractivity contribution in [1.82, 2.24) is 0 Å². The van der Waals surface area contributed by atoms with Crippen LogP contribution in [0.1, 0.15) is 200 Å². The first-order valence-corrected chi connectivity index (χ1v) is 43.7. The van der Waals surface area contributed by atoms with E-state index >= 15 is 0 Å². The van der Waals surface area contributed by atoms with Crippen molar-refractivity contribution in [1.29, 1.82) is 0 Å². The molecule has 0 amide bonds. The zero-order valence-corrected chi connectivity index (χ0v) is 70.9. The van der Waals surface area contributed by atoms with Crippen LogP contribution in [-0.2, 0) is 116 Å². The fourth-order valence-corrected chi connectivity index (χ4v) is 19.7. The molecular formula is C114H96O15. The Morgan fingerprint density at radius 2 is 0.186 bits per heavy atom. The molecule has 0 fully saturated rings. The third kappa shape index (κ3) is 17.0. The Hall–Kier alpha value is -15.5. The molecule has 30 bridgehead atoms. The molecule has 0 unspecified atom stereocenters. The average Bonchev–Trinajstić information content (AvgIpc) is 0.789. The summed E-state index contributed by atoms with van der Waals surface area (Å²) >= 11 is 0. The van der Waals surface area contributed by atoms with Crippen molar-refractivity contribution >= 4 is 0 Å². The number of hydrogen-bond acceptors (Lipinski definition) is 15. The number of benzene rings is 16. The highest BCUT2D eigenvalue weighted by atomic mass is 16.3.